The molecule has 0 saturated carbocycles. The summed E-state index contributed by atoms with van der Waals surface area (Å²) in [5.41, 5.74) is 5.54. The molecule has 2 N–H and O–H groups in total. The van der Waals surface area contributed by atoms with E-state index in [1.54, 1.807) is 7.11 Å². The van der Waals surface area contributed by atoms with E-state index in [1.165, 1.54) is 0 Å². The Morgan fingerprint density at radius 1 is 1.50 bits per heavy atom. The number of ether oxygens (including phenoxy) is 1. The monoisotopic (exact) mass is 117 g/mol. The Labute approximate surface area is 51.0 Å². The first-order valence-electron chi connectivity index (χ1n) is 2.93. The molecule has 0 saturated heterocycles. The Balaban J connectivity index is 3.17. The van der Waals surface area contributed by atoms with Gasteiger partial charge in [-0.25, -0.2) is 0 Å². The van der Waals surface area contributed by atoms with Gasteiger partial charge in [-0.15, -0.1) is 0 Å². The molecule has 0 aromatic rings. The smallest absolute Gasteiger partial charge is 0.0502 e. The number of hydrogen-bond donors (Lipinski definition) is 1. The molecule has 2 atom stereocenters. The molecule has 2 heteroatoms. The van der Waals surface area contributed by atoms with Crippen LogP contribution < -0.4 is 5.73 Å². The largest absolute Gasteiger partial charge is 0.384 e. The maximum absolute atomic E-state index is 5.54. The van der Waals surface area contributed by atoms with Gasteiger partial charge in [-0.2, -0.15) is 0 Å². The highest BCUT2D eigenvalue weighted by molar-refractivity contribution is 4.61. The van der Waals surface area contributed by atoms with Crippen molar-refractivity contribution in [3.05, 3.63) is 0 Å². The highest BCUT2D eigenvalue weighted by Gasteiger charge is 2.04. The average molecular weight is 117 g/mol. The van der Waals surface area contributed by atoms with E-state index in [4.69, 9.17) is 10.5 Å². The van der Waals surface area contributed by atoms with Gasteiger partial charge in [0, 0.05) is 13.2 Å². The summed E-state index contributed by atoms with van der Waals surface area (Å²) in [4.78, 5) is 0. The Bertz CT molecular complexity index is 54.5. The van der Waals surface area contributed by atoms with Gasteiger partial charge < -0.3 is 10.5 Å². The highest BCUT2D eigenvalue weighted by atomic mass is 16.5. The number of methoxy groups -OCH3 is 1. The van der Waals surface area contributed by atoms with Crippen molar-refractivity contribution in [2.24, 2.45) is 11.7 Å². The maximum Gasteiger partial charge on any atom is 0.0502 e. The first-order valence-corrected chi connectivity index (χ1v) is 2.93. The predicted molar refractivity (Wildman–Crippen MR) is 34.7 cm³/mol. The van der Waals surface area contributed by atoms with E-state index < -0.39 is 0 Å². The molecule has 0 radical (unpaired) electrons. The van der Waals surface area contributed by atoms with E-state index in [2.05, 4.69) is 6.92 Å². The molecule has 0 spiro atoms. The minimum Gasteiger partial charge on any atom is -0.384 e. The molecule has 0 aromatic carbocycles. The summed E-state index contributed by atoms with van der Waals surface area (Å²) in [7, 11) is 1.69. The number of hydrogen-bond acceptors (Lipinski definition) is 2. The van der Waals surface area contributed by atoms with Crippen LogP contribution in [-0.2, 0) is 4.74 Å². The molecule has 0 rings (SSSR count). The first kappa shape index (κ1) is 7.92. The normalized spacial score (nSPS) is 18.0. The van der Waals surface area contributed by atoms with E-state index in [-0.39, 0.29) is 6.04 Å². The molecule has 8 heavy (non-hydrogen) atoms. The zero-order valence-corrected chi connectivity index (χ0v) is 5.85. The van der Waals surface area contributed by atoms with Gasteiger partial charge in [0.2, 0.25) is 0 Å². The van der Waals surface area contributed by atoms with Crippen LogP contribution in [0.1, 0.15) is 13.8 Å². The molecular weight excluding hydrogens is 102 g/mol. The maximum atomic E-state index is 5.54. The van der Waals surface area contributed by atoms with Crippen molar-refractivity contribution < 1.29 is 4.74 Å². The van der Waals surface area contributed by atoms with Crippen LogP contribution in [0.25, 0.3) is 0 Å². The summed E-state index contributed by atoms with van der Waals surface area (Å²) in [6.45, 7) is 4.83. The second-order valence-electron chi connectivity index (χ2n) is 2.29. The van der Waals surface area contributed by atoms with Crippen LogP contribution >= 0.6 is 0 Å². The Morgan fingerprint density at radius 3 is 2.12 bits per heavy atom. The summed E-state index contributed by atoms with van der Waals surface area (Å²) < 4.78 is 4.88. The van der Waals surface area contributed by atoms with Gasteiger partial charge in [0.15, 0.2) is 0 Å². The highest BCUT2D eigenvalue weighted by Crippen LogP contribution is 1.97. The summed E-state index contributed by atoms with van der Waals surface area (Å²) in [6, 6.07) is 0.245. The van der Waals surface area contributed by atoms with Crippen LogP contribution in [0.3, 0.4) is 0 Å². The summed E-state index contributed by atoms with van der Waals surface area (Å²) >= 11 is 0. The fourth-order valence-corrected chi connectivity index (χ4v) is 0.415. The lowest BCUT2D eigenvalue weighted by molar-refractivity contribution is 0.150. The molecule has 0 aromatic heterocycles. The molecule has 0 heterocycles. The van der Waals surface area contributed by atoms with Gasteiger partial charge in [0.25, 0.3) is 0 Å². The van der Waals surface area contributed by atoms with Gasteiger partial charge in [-0.05, 0) is 12.8 Å². The lowest BCUT2D eigenvalue weighted by Crippen LogP contribution is -2.27. The molecule has 0 aliphatic carbocycles. The molecule has 0 bridgehead atoms. The zero-order valence-electron chi connectivity index (χ0n) is 5.85. The van der Waals surface area contributed by atoms with Crippen LogP contribution in [0.4, 0.5) is 0 Å². The van der Waals surface area contributed by atoms with Crippen molar-refractivity contribution in [1.29, 1.82) is 0 Å². The Hall–Kier alpha value is -0.0800. The molecule has 2 nitrogen and oxygen atoms in total. The van der Waals surface area contributed by atoms with Gasteiger partial charge in [-0.1, -0.05) is 6.92 Å². The van der Waals surface area contributed by atoms with Crippen LogP contribution in [-0.4, -0.2) is 19.8 Å². The fourth-order valence-electron chi connectivity index (χ4n) is 0.415. The summed E-state index contributed by atoms with van der Waals surface area (Å²) in [5.74, 6) is 0.472. The van der Waals surface area contributed by atoms with Crippen LogP contribution in [0.2, 0.25) is 0 Å². The molecule has 0 aliphatic rings. The van der Waals surface area contributed by atoms with Gasteiger partial charge in [0.05, 0.1) is 6.61 Å². The van der Waals surface area contributed by atoms with Crippen molar-refractivity contribution in [2.45, 2.75) is 19.9 Å². The fraction of sp³-hybridized carbons (Fsp3) is 1.00. The SMILES string of the molecule is COCC(C)[C@@H](C)N. The Morgan fingerprint density at radius 2 is 2.00 bits per heavy atom. The van der Waals surface area contributed by atoms with Crippen LogP contribution in [0, 0.1) is 5.92 Å². The average Bonchev–Trinajstić information content (AvgIpc) is 1.67. The molecule has 0 amide bonds. The standard InChI is InChI=1S/C6H15NO/c1-5(4-8-3)6(2)7/h5-6H,4,7H2,1-3H3/t5?,6-/m1/s1. The molecule has 1 unspecified atom stereocenters. The van der Waals surface area contributed by atoms with Crippen molar-refractivity contribution in [1.82, 2.24) is 0 Å². The van der Waals surface area contributed by atoms with Gasteiger partial charge >= 0.3 is 0 Å². The number of nitrogens with two attached hydrogens (primary N) is 1. The Kier molecular flexibility index (Phi) is 3.83. The number of rotatable bonds is 3. The van der Waals surface area contributed by atoms with Gasteiger partial charge in [0.1, 0.15) is 0 Å². The van der Waals surface area contributed by atoms with Crippen molar-refractivity contribution in [3.63, 3.8) is 0 Å². The third kappa shape index (κ3) is 2.99. The second-order valence-corrected chi connectivity index (χ2v) is 2.29. The second kappa shape index (κ2) is 3.87. The summed E-state index contributed by atoms with van der Waals surface area (Å²) in [5, 5.41) is 0. The van der Waals surface area contributed by atoms with Crippen molar-refractivity contribution in [3.8, 4) is 0 Å². The third-order valence-corrected chi connectivity index (χ3v) is 1.33. The van der Waals surface area contributed by atoms with E-state index in [0.29, 0.717) is 5.92 Å². The molecule has 0 aliphatic heterocycles. The minimum atomic E-state index is 0.245. The molecule has 0 fully saturated rings. The quantitative estimate of drug-likeness (QED) is 0.588. The third-order valence-electron chi connectivity index (χ3n) is 1.33. The lowest BCUT2D eigenvalue weighted by atomic mass is 10.1. The first-order chi connectivity index (χ1) is 3.68. The molecule has 50 valence electrons. The summed E-state index contributed by atoms with van der Waals surface area (Å²) in [6.07, 6.45) is 0. The molecular formula is C6H15NO. The van der Waals surface area contributed by atoms with E-state index >= 15 is 0 Å². The van der Waals surface area contributed by atoms with Crippen LogP contribution in [0.5, 0.6) is 0 Å². The van der Waals surface area contributed by atoms with E-state index in [0.717, 1.165) is 6.61 Å². The predicted octanol–water partition coefficient (Wildman–Crippen LogP) is 0.616. The van der Waals surface area contributed by atoms with Crippen LogP contribution in [0.15, 0.2) is 0 Å². The lowest BCUT2D eigenvalue weighted by Gasteiger charge is -2.12. The van der Waals surface area contributed by atoms with Crippen molar-refractivity contribution >= 4 is 0 Å². The zero-order chi connectivity index (χ0) is 6.57. The minimum absolute atomic E-state index is 0.245. The topological polar surface area (TPSA) is 35.2 Å². The van der Waals surface area contributed by atoms with E-state index in [1.807, 2.05) is 6.92 Å². The van der Waals surface area contributed by atoms with E-state index in [9.17, 15) is 0 Å². The van der Waals surface area contributed by atoms with Crippen molar-refractivity contribution in [2.75, 3.05) is 13.7 Å². The van der Waals surface area contributed by atoms with Gasteiger partial charge in [-0.3, -0.25) is 0 Å².